The average Bonchev–Trinajstić information content (AvgIpc) is 2.58. The topological polar surface area (TPSA) is 56.5 Å². The molecule has 0 aromatic carbocycles. The molecule has 0 aliphatic heterocycles. The smallest absolute Gasteiger partial charge is 0.178 e. The Morgan fingerprint density at radius 3 is 2.75 bits per heavy atom. The van der Waals surface area contributed by atoms with Crippen LogP contribution in [0.25, 0.3) is 10.7 Å². The van der Waals surface area contributed by atoms with Crippen LogP contribution < -0.4 is 0 Å². The van der Waals surface area contributed by atoms with E-state index in [0.717, 1.165) is 13.7 Å². The summed E-state index contributed by atoms with van der Waals surface area (Å²) in [5.74, 6) is 0. The first kappa shape index (κ1) is 8.05. The van der Waals surface area contributed by atoms with Gasteiger partial charge in [-0.05, 0) is 22.6 Å². The van der Waals surface area contributed by atoms with Crippen LogP contribution in [0.4, 0.5) is 0 Å². The lowest BCUT2D eigenvalue weighted by Crippen LogP contribution is -1.85. The van der Waals surface area contributed by atoms with Crippen LogP contribution in [0.3, 0.4) is 0 Å². The van der Waals surface area contributed by atoms with Crippen LogP contribution >= 0.6 is 33.9 Å². The van der Waals surface area contributed by atoms with E-state index in [1.807, 2.05) is 13.2 Å². The Hall–Kier alpha value is -0.570. The number of aromatic nitrogens is 5. The number of hydrogen-bond acceptors (Lipinski definition) is 5. The molecule has 0 aliphatic rings. The summed E-state index contributed by atoms with van der Waals surface area (Å²) in [5.41, 5.74) is 0.776. The Morgan fingerprint density at radius 2 is 2.25 bits per heavy atom. The molecule has 2 aromatic heterocycles. The minimum absolute atomic E-state index is 0.776. The predicted octanol–water partition coefficient (Wildman–Crippen LogP) is 0.938. The molecule has 12 heavy (non-hydrogen) atoms. The van der Waals surface area contributed by atoms with Crippen LogP contribution in [0.2, 0.25) is 0 Å². The summed E-state index contributed by atoms with van der Waals surface area (Å²) in [5, 5.41) is 16.4. The zero-order valence-electron chi connectivity index (χ0n) is 6.10. The highest BCUT2D eigenvalue weighted by Crippen LogP contribution is 2.21. The van der Waals surface area contributed by atoms with Crippen molar-refractivity contribution in [2.75, 3.05) is 0 Å². The summed E-state index contributed by atoms with van der Waals surface area (Å²) in [6.45, 7) is 0. The van der Waals surface area contributed by atoms with Gasteiger partial charge in [0.1, 0.15) is 5.69 Å². The zero-order chi connectivity index (χ0) is 8.55. The van der Waals surface area contributed by atoms with E-state index in [4.69, 9.17) is 0 Å². The lowest BCUT2D eigenvalue weighted by Gasteiger charge is -1.80. The average molecular weight is 293 g/mol. The van der Waals surface area contributed by atoms with Crippen LogP contribution in [0.5, 0.6) is 0 Å². The van der Waals surface area contributed by atoms with Gasteiger partial charge in [0.05, 0.1) is 6.20 Å². The minimum atomic E-state index is 0.776. The number of aryl methyl sites for hydroxylation is 1. The second-order valence-electron chi connectivity index (χ2n) is 2.14. The van der Waals surface area contributed by atoms with E-state index in [-0.39, 0.29) is 0 Å². The number of rotatable bonds is 1. The maximum atomic E-state index is 3.94. The third kappa shape index (κ3) is 1.46. The van der Waals surface area contributed by atoms with Gasteiger partial charge in [-0.25, -0.2) is 0 Å². The number of hydrogen-bond donors (Lipinski definition) is 0. The molecule has 0 fully saturated rings. The van der Waals surface area contributed by atoms with Gasteiger partial charge in [-0.1, -0.05) is 16.6 Å². The summed E-state index contributed by atoms with van der Waals surface area (Å²) in [7, 11) is 1.82. The molecule has 0 amide bonds. The lowest BCUT2D eigenvalue weighted by atomic mass is 10.5. The molecule has 7 heteroatoms. The zero-order valence-corrected chi connectivity index (χ0v) is 9.07. The standard InChI is InChI=1S/C5H4IN5S/c1-11-2-3(7-10-11)4-8-9-5(6)12-4/h2H,1H3. The molecule has 0 atom stereocenters. The van der Waals surface area contributed by atoms with E-state index in [1.54, 1.807) is 4.68 Å². The van der Waals surface area contributed by atoms with Crippen molar-refractivity contribution in [3.63, 3.8) is 0 Å². The largest absolute Gasteiger partial charge is 0.255 e. The Bertz CT molecular complexity index is 356. The fourth-order valence-electron chi connectivity index (χ4n) is 0.754. The van der Waals surface area contributed by atoms with E-state index in [0.29, 0.717) is 0 Å². The van der Waals surface area contributed by atoms with Crippen molar-refractivity contribution in [3.05, 3.63) is 9.21 Å². The monoisotopic (exact) mass is 293 g/mol. The van der Waals surface area contributed by atoms with Crippen molar-refractivity contribution in [3.8, 4) is 10.7 Å². The van der Waals surface area contributed by atoms with Crippen molar-refractivity contribution in [2.45, 2.75) is 0 Å². The van der Waals surface area contributed by atoms with Crippen molar-refractivity contribution < 1.29 is 0 Å². The van der Waals surface area contributed by atoms with Crippen LogP contribution in [0.15, 0.2) is 6.20 Å². The summed E-state index contributed by atoms with van der Waals surface area (Å²) < 4.78 is 2.55. The van der Waals surface area contributed by atoms with Crippen molar-refractivity contribution in [1.82, 2.24) is 25.2 Å². The maximum absolute atomic E-state index is 3.94. The highest BCUT2D eigenvalue weighted by Gasteiger charge is 2.07. The molecule has 62 valence electrons. The Labute approximate surface area is 86.0 Å². The van der Waals surface area contributed by atoms with Crippen LogP contribution in [0.1, 0.15) is 0 Å². The van der Waals surface area contributed by atoms with Gasteiger partial charge < -0.3 is 0 Å². The summed E-state index contributed by atoms with van der Waals surface area (Å²) in [6.07, 6.45) is 1.82. The lowest BCUT2D eigenvalue weighted by molar-refractivity contribution is 0.715. The number of nitrogens with zero attached hydrogens (tertiary/aromatic N) is 5. The molecule has 2 rings (SSSR count). The van der Waals surface area contributed by atoms with Crippen LogP contribution in [-0.2, 0) is 7.05 Å². The number of halogens is 1. The molecule has 0 saturated carbocycles. The third-order valence-corrected chi connectivity index (χ3v) is 2.83. The maximum Gasteiger partial charge on any atom is 0.178 e. The second-order valence-corrected chi connectivity index (χ2v) is 4.87. The van der Waals surface area contributed by atoms with Gasteiger partial charge in [0, 0.05) is 7.05 Å². The fourth-order valence-corrected chi connectivity index (χ4v) is 2.01. The molecule has 0 aliphatic carbocycles. The first-order chi connectivity index (χ1) is 5.75. The van der Waals surface area contributed by atoms with Gasteiger partial charge in [-0.2, -0.15) is 0 Å². The third-order valence-electron chi connectivity index (χ3n) is 1.22. The van der Waals surface area contributed by atoms with E-state index in [2.05, 4.69) is 43.1 Å². The van der Waals surface area contributed by atoms with Gasteiger partial charge in [0.15, 0.2) is 8.02 Å². The van der Waals surface area contributed by atoms with Gasteiger partial charge in [0.25, 0.3) is 0 Å². The van der Waals surface area contributed by atoms with Gasteiger partial charge >= 0.3 is 0 Å². The molecular weight excluding hydrogens is 289 g/mol. The molecule has 5 nitrogen and oxygen atoms in total. The minimum Gasteiger partial charge on any atom is -0.255 e. The molecule has 0 spiro atoms. The molecule has 0 unspecified atom stereocenters. The highest BCUT2D eigenvalue weighted by atomic mass is 127. The first-order valence-electron chi connectivity index (χ1n) is 3.11. The first-order valence-corrected chi connectivity index (χ1v) is 5.01. The van der Waals surface area contributed by atoms with Crippen molar-refractivity contribution in [1.29, 1.82) is 0 Å². The highest BCUT2D eigenvalue weighted by molar-refractivity contribution is 14.1. The quantitative estimate of drug-likeness (QED) is 0.734. The second kappa shape index (κ2) is 3.05. The van der Waals surface area contributed by atoms with Crippen LogP contribution in [-0.4, -0.2) is 25.2 Å². The molecule has 0 saturated heterocycles. The molecule has 2 aromatic rings. The Morgan fingerprint density at radius 1 is 1.42 bits per heavy atom. The van der Waals surface area contributed by atoms with E-state index in [9.17, 15) is 0 Å². The van der Waals surface area contributed by atoms with Gasteiger partial charge in [0.2, 0.25) is 0 Å². The van der Waals surface area contributed by atoms with Gasteiger partial charge in [-0.3, -0.25) is 4.68 Å². The summed E-state index contributed by atoms with van der Waals surface area (Å²) in [4.78, 5) is 0. The Kier molecular flexibility index (Phi) is 2.05. The summed E-state index contributed by atoms with van der Waals surface area (Å²) >= 11 is 3.63. The van der Waals surface area contributed by atoms with Crippen LogP contribution in [0, 0.1) is 3.01 Å². The van der Waals surface area contributed by atoms with E-state index in [1.165, 1.54) is 11.3 Å². The van der Waals surface area contributed by atoms with Crippen molar-refractivity contribution in [2.24, 2.45) is 7.05 Å². The molecular formula is C5H4IN5S. The van der Waals surface area contributed by atoms with Gasteiger partial charge in [-0.15, -0.1) is 15.3 Å². The van der Waals surface area contributed by atoms with E-state index < -0.39 is 0 Å². The molecule has 0 bridgehead atoms. The molecule has 0 N–H and O–H groups in total. The Balaban J connectivity index is 2.43. The van der Waals surface area contributed by atoms with E-state index >= 15 is 0 Å². The SMILES string of the molecule is Cn1cc(-c2nnc(I)s2)nn1. The van der Waals surface area contributed by atoms with Crippen molar-refractivity contribution >= 4 is 33.9 Å². The summed E-state index contributed by atoms with van der Waals surface area (Å²) in [6, 6.07) is 0. The fraction of sp³-hybridized carbons (Fsp3) is 0.200. The normalized spacial score (nSPS) is 10.5. The predicted molar refractivity (Wildman–Crippen MR) is 52.6 cm³/mol. The molecule has 0 radical (unpaired) electrons. The molecule has 2 heterocycles.